The number of aliphatic hydroxyl groups is 1. The van der Waals surface area contributed by atoms with Gasteiger partial charge in [-0.3, -0.25) is 0 Å². The van der Waals surface area contributed by atoms with Crippen LogP contribution >= 0.6 is 0 Å². The number of aryl methyl sites for hydroxylation is 1. The van der Waals surface area contributed by atoms with E-state index in [1.807, 2.05) is 0 Å². The molecule has 4 aliphatic carbocycles. The van der Waals surface area contributed by atoms with Crippen molar-refractivity contribution >= 4 is 0 Å². The fourth-order valence-electron chi connectivity index (χ4n) is 7.09. The Morgan fingerprint density at radius 3 is 2.75 bits per heavy atom. The van der Waals surface area contributed by atoms with E-state index in [0.717, 1.165) is 24.5 Å². The van der Waals surface area contributed by atoms with E-state index in [2.05, 4.69) is 31.5 Å². The Morgan fingerprint density at radius 2 is 2.04 bits per heavy atom. The van der Waals surface area contributed by atoms with Crippen molar-refractivity contribution in [2.24, 2.45) is 16.7 Å². The maximum atomic E-state index is 11.2. The van der Waals surface area contributed by atoms with Crippen molar-refractivity contribution in [3.63, 3.8) is 0 Å². The van der Waals surface area contributed by atoms with Crippen LogP contribution in [0.2, 0.25) is 0 Å². The second kappa shape index (κ2) is 5.08. The monoisotopic (exact) mass is 346 g/mol. The molecular weight excluding hydrogens is 320 g/mol. The van der Waals surface area contributed by atoms with Gasteiger partial charge in [0.15, 0.2) is 0 Å². The number of halogens is 1. The van der Waals surface area contributed by atoms with E-state index in [1.165, 1.54) is 37.7 Å². The van der Waals surface area contributed by atoms with Crippen LogP contribution in [-0.2, 0) is 6.42 Å². The summed E-state index contributed by atoms with van der Waals surface area (Å²) < 4.78 is 5.42. The first-order chi connectivity index (χ1) is 11.0. The average molecular weight is 347 g/mol. The summed E-state index contributed by atoms with van der Waals surface area (Å²) in [6.07, 6.45) is 10.5. The van der Waals surface area contributed by atoms with Gasteiger partial charge in [0.2, 0.25) is 5.60 Å². The second-order valence-corrected chi connectivity index (χ2v) is 8.68. The second-order valence-electron chi connectivity index (χ2n) is 8.68. The molecular formula is C21H27ClO2. The summed E-state index contributed by atoms with van der Waals surface area (Å²) in [6.45, 7) is 2.39. The summed E-state index contributed by atoms with van der Waals surface area (Å²) in [4.78, 5) is 0. The Hall–Kier alpha value is -0.860. The van der Waals surface area contributed by atoms with E-state index in [-0.39, 0.29) is 17.8 Å². The number of benzene rings is 1. The number of hydrogen-bond acceptors (Lipinski definition) is 2. The molecule has 5 atom stereocenters. The van der Waals surface area contributed by atoms with Crippen molar-refractivity contribution in [3.8, 4) is 5.75 Å². The molecule has 0 aliphatic heterocycles. The predicted octanol–water partition coefficient (Wildman–Crippen LogP) is 1.26. The third-order valence-electron chi connectivity index (χ3n) is 8.44. The predicted molar refractivity (Wildman–Crippen MR) is 90.4 cm³/mol. The lowest BCUT2D eigenvalue weighted by atomic mass is 9.48. The fraction of sp³-hybridized carbons (Fsp3) is 0.667. The first-order valence-electron chi connectivity index (χ1n) is 9.27. The third kappa shape index (κ3) is 1.69. The Bertz CT molecular complexity index is 662. The number of fused-ring (bicyclic) bond motifs is 3. The largest absolute Gasteiger partial charge is 1.00 e. The van der Waals surface area contributed by atoms with E-state index in [0.29, 0.717) is 11.3 Å². The van der Waals surface area contributed by atoms with Crippen LogP contribution in [0.5, 0.6) is 5.75 Å². The summed E-state index contributed by atoms with van der Waals surface area (Å²) in [6, 6.07) is 6.71. The highest BCUT2D eigenvalue weighted by Gasteiger charge is 2.79. The molecule has 0 saturated heterocycles. The van der Waals surface area contributed by atoms with Gasteiger partial charge in [-0.25, -0.2) is 0 Å². The minimum atomic E-state index is -0.488. The summed E-state index contributed by atoms with van der Waals surface area (Å²) >= 11 is 0. The zero-order chi connectivity index (χ0) is 15.9. The molecule has 0 spiro atoms. The average Bonchev–Trinajstić information content (AvgIpc) is 2.95. The summed E-state index contributed by atoms with van der Waals surface area (Å²) in [5, 5.41) is 11.2. The topological polar surface area (TPSA) is 29.5 Å². The molecule has 0 aromatic heterocycles. The van der Waals surface area contributed by atoms with Crippen molar-refractivity contribution in [2.45, 2.75) is 63.4 Å². The third-order valence-corrected chi connectivity index (χ3v) is 8.44. The van der Waals surface area contributed by atoms with Crippen LogP contribution in [0, 0.1) is 23.2 Å². The van der Waals surface area contributed by atoms with Crippen LogP contribution < -0.4 is 17.1 Å². The highest BCUT2D eigenvalue weighted by molar-refractivity contribution is 5.42. The summed E-state index contributed by atoms with van der Waals surface area (Å²) in [5.41, 5.74) is 3.05. The van der Waals surface area contributed by atoms with Crippen molar-refractivity contribution < 1.29 is 22.3 Å². The number of hydrogen-bond donors (Lipinski definition) is 1. The van der Waals surface area contributed by atoms with Crippen LogP contribution in [0.3, 0.4) is 0 Å². The highest BCUT2D eigenvalue weighted by Crippen LogP contribution is 2.77. The van der Waals surface area contributed by atoms with Crippen molar-refractivity contribution in [3.05, 3.63) is 35.7 Å². The fourth-order valence-corrected chi connectivity index (χ4v) is 7.09. The Kier molecular flexibility index (Phi) is 3.51. The lowest BCUT2D eigenvalue weighted by molar-refractivity contribution is -0.0940. The SMILES string of the molecule is COc1ccc2c(c1)CC[C@@H]1[C@@H]2CC[C@@]2(C)[C@]13C[CH+][C@@]2(O)CC3.[Cl-]. The maximum absolute atomic E-state index is 11.2. The van der Waals surface area contributed by atoms with Crippen LogP contribution in [0.25, 0.3) is 0 Å². The molecule has 24 heavy (non-hydrogen) atoms. The summed E-state index contributed by atoms with van der Waals surface area (Å²) in [5.74, 6) is 2.42. The maximum Gasteiger partial charge on any atom is 0.210 e. The molecule has 2 nitrogen and oxygen atoms in total. The minimum absolute atomic E-state index is 0. The molecule has 1 aromatic carbocycles. The minimum Gasteiger partial charge on any atom is -1.00 e. The number of methoxy groups -OCH3 is 1. The van der Waals surface area contributed by atoms with Crippen molar-refractivity contribution in [1.29, 1.82) is 0 Å². The Morgan fingerprint density at radius 1 is 1.21 bits per heavy atom. The van der Waals surface area contributed by atoms with Crippen LogP contribution in [0.15, 0.2) is 18.2 Å². The van der Waals surface area contributed by atoms with Gasteiger partial charge in [0.25, 0.3) is 0 Å². The standard InChI is InChI=1S/C21H27O2.ClH/c1-19-8-7-17-16-5-4-15(23-2)13-14(16)3-6-18(17)20(19)9-11-21(19,22)12-10-20;/h4-5,11,13,17-18,22H,3,6-10,12H2,1-2H3;1H/q+1;/p-1/t17-,18-,19+,20+,21-;/m1./s1. The van der Waals surface area contributed by atoms with Gasteiger partial charge >= 0.3 is 0 Å². The first-order valence-corrected chi connectivity index (χ1v) is 9.27. The van der Waals surface area contributed by atoms with Gasteiger partial charge in [0, 0.05) is 17.3 Å². The van der Waals surface area contributed by atoms with E-state index in [1.54, 1.807) is 12.7 Å². The van der Waals surface area contributed by atoms with Gasteiger partial charge in [0.1, 0.15) is 12.2 Å². The normalized spacial score (nSPS) is 44.6. The summed E-state index contributed by atoms with van der Waals surface area (Å²) in [7, 11) is 1.76. The zero-order valence-corrected chi connectivity index (χ0v) is 15.4. The number of rotatable bonds is 1. The van der Waals surface area contributed by atoms with E-state index >= 15 is 0 Å². The van der Waals surface area contributed by atoms with Crippen molar-refractivity contribution in [1.82, 2.24) is 0 Å². The van der Waals surface area contributed by atoms with Gasteiger partial charge in [-0.15, -0.1) is 0 Å². The van der Waals surface area contributed by atoms with Gasteiger partial charge in [0.05, 0.1) is 13.5 Å². The van der Waals surface area contributed by atoms with Gasteiger partial charge in [-0.2, -0.15) is 0 Å². The molecule has 0 unspecified atom stereocenters. The zero-order valence-electron chi connectivity index (χ0n) is 14.6. The van der Waals surface area contributed by atoms with E-state index in [4.69, 9.17) is 4.74 Å². The van der Waals surface area contributed by atoms with Crippen LogP contribution in [-0.4, -0.2) is 17.8 Å². The molecule has 130 valence electrons. The molecule has 1 aromatic rings. The molecule has 0 heterocycles. The molecule has 1 N–H and O–H groups in total. The van der Waals surface area contributed by atoms with Gasteiger partial charge < -0.3 is 22.3 Å². The molecule has 0 radical (unpaired) electrons. The lowest BCUT2D eigenvalue weighted by Gasteiger charge is -2.54. The smallest absolute Gasteiger partial charge is 0.210 e. The molecule has 5 rings (SSSR count). The molecule has 4 aliphatic rings. The Labute approximate surface area is 151 Å². The quantitative estimate of drug-likeness (QED) is 0.776. The van der Waals surface area contributed by atoms with Gasteiger partial charge in [-0.05, 0) is 67.2 Å². The number of ether oxygens (including phenoxy) is 1. The van der Waals surface area contributed by atoms with Crippen LogP contribution in [0.1, 0.15) is 62.5 Å². The lowest BCUT2D eigenvalue weighted by Crippen LogP contribution is -3.00. The molecule has 0 amide bonds. The van der Waals surface area contributed by atoms with Crippen LogP contribution in [0.4, 0.5) is 0 Å². The van der Waals surface area contributed by atoms with E-state index < -0.39 is 5.60 Å². The molecule has 2 bridgehead atoms. The van der Waals surface area contributed by atoms with Gasteiger partial charge in [-0.1, -0.05) is 13.0 Å². The highest BCUT2D eigenvalue weighted by atomic mass is 35.5. The molecule has 3 heteroatoms. The molecule has 3 saturated carbocycles. The Balaban J connectivity index is 0.00000146. The van der Waals surface area contributed by atoms with E-state index in [9.17, 15) is 5.11 Å². The first kappa shape index (κ1) is 16.6. The van der Waals surface area contributed by atoms with Crippen molar-refractivity contribution in [2.75, 3.05) is 7.11 Å². The molecule has 3 fully saturated rings.